The molecule has 0 fully saturated rings. The Bertz CT molecular complexity index is 882. The number of rotatable bonds is 6. The molecule has 0 aliphatic heterocycles. The van der Waals surface area contributed by atoms with Gasteiger partial charge in [0.05, 0.1) is 10.7 Å². The van der Waals surface area contributed by atoms with Gasteiger partial charge in [-0.15, -0.1) is 11.8 Å². The van der Waals surface area contributed by atoms with Crippen LogP contribution in [-0.2, 0) is 11.2 Å². The largest absolute Gasteiger partial charge is 0.339 e. The van der Waals surface area contributed by atoms with Crippen LogP contribution in [0.3, 0.4) is 0 Å². The van der Waals surface area contributed by atoms with Crippen molar-refractivity contribution in [2.45, 2.75) is 17.7 Å². The second-order valence-corrected chi connectivity index (χ2v) is 6.50. The Kier molecular flexibility index (Phi) is 5.73. The van der Waals surface area contributed by atoms with E-state index in [-0.39, 0.29) is 12.3 Å². The summed E-state index contributed by atoms with van der Waals surface area (Å²) in [5.74, 6) is 0.732. The van der Waals surface area contributed by atoms with Gasteiger partial charge in [0.25, 0.3) is 0 Å². The molecule has 0 unspecified atom stereocenters. The highest BCUT2D eigenvalue weighted by Gasteiger charge is 2.13. The van der Waals surface area contributed by atoms with Crippen molar-refractivity contribution in [1.29, 1.82) is 0 Å². The molecular weight excluding hydrogens is 358 g/mol. The zero-order valence-electron chi connectivity index (χ0n) is 13.5. The molecule has 1 amide bonds. The normalized spacial score (nSPS) is 10.6. The van der Waals surface area contributed by atoms with Crippen LogP contribution in [0.25, 0.3) is 11.4 Å². The van der Waals surface area contributed by atoms with Crippen LogP contribution in [-0.4, -0.2) is 22.3 Å². The van der Waals surface area contributed by atoms with E-state index in [2.05, 4.69) is 15.5 Å². The lowest BCUT2D eigenvalue weighted by Gasteiger charge is -2.08. The van der Waals surface area contributed by atoms with Gasteiger partial charge >= 0.3 is 0 Å². The molecule has 0 bridgehead atoms. The minimum absolute atomic E-state index is 0.0982. The number of carbonyl (C=O) groups is 1. The van der Waals surface area contributed by atoms with Crippen molar-refractivity contribution in [3.8, 4) is 11.4 Å². The molecule has 0 saturated carbocycles. The Hall–Kier alpha value is -2.31. The summed E-state index contributed by atoms with van der Waals surface area (Å²) in [5, 5.41) is 7.40. The zero-order chi connectivity index (χ0) is 17.6. The van der Waals surface area contributed by atoms with Crippen LogP contribution < -0.4 is 5.32 Å². The average Bonchev–Trinajstić information content (AvgIpc) is 3.09. The molecule has 1 aromatic heterocycles. The molecule has 0 saturated heterocycles. The van der Waals surface area contributed by atoms with Crippen LogP contribution in [0.4, 0.5) is 5.69 Å². The predicted molar refractivity (Wildman–Crippen MR) is 99.9 cm³/mol. The van der Waals surface area contributed by atoms with Gasteiger partial charge in [0.15, 0.2) is 0 Å². The Morgan fingerprint density at radius 2 is 1.96 bits per heavy atom. The predicted octanol–water partition coefficient (Wildman–Crippen LogP) is 4.68. The summed E-state index contributed by atoms with van der Waals surface area (Å²) in [7, 11) is 0. The van der Waals surface area contributed by atoms with E-state index in [0.29, 0.717) is 28.7 Å². The van der Waals surface area contributed by atoms with Crippen LogP contribution >= 0.6 is 23.4 Å². The first-order chi connectivity index (χ1) is 12.2. The Balaban J connectivity index is 1.61. The van der Waals surface area contributed by atoms with Gasteiger partial charge in [-0.3, -0.25) is 4.79 Å². The van der Waals surface area contributed by atoms with Crippen LogP contribution in [0, 0.1) is 0 Å². The highest BCUT2D eigenvalue weighted by molar-refractivity contribution is 7.98. The summed E-state index contributed by atoms with van der Waals surface area (Å²) in [4.78, 5) is 17.5. The minimum Gasteiger partial charge on any atom is -0.339 e. The first-order valence-electron chi connectivity index (χ1n) is 7.67. The lowest BCUT2D eigenvalue weighted by molar-refractivity contribution is -0.116. The topological polar surface area (TPSA) is 68.0 Å². The van der Waals surface area contributed by atoms with Gasteiger partial charge in [-0.05, 0) is 30.5 Å². The van der Waals surface area contributed by atoms with Gasteiger partial charge in [-0.1, -0.05) is 41.0 Å². The van der Waals surface area contributed by atoms with Gasteiger partial charge in [0.2, 0.25) is 17.6 Å². The van der Waals surface area contributed by atoms with Crippen LogP contribution in [0.2, 0.25) is 5.02 Å². The number of carbonyl (C=O) groups excluding carboxylic acids is 1. The third-order valence-corrected chi connectivity index (χ3v) is 4.66. The number of nitrogens with zero attached hydrogens (tertiary/aromatic N) is 2. The number of benzene rings is 2. The second-order valence-electron chi connectivity index (χ2n) is 5.24. The molecule has 128 valence electrons. The molecule has 0 radical (unpaired) electrons. The molecule has 7 heteroatoms. The van der Waals surface area contributed by atoms with E-state index >= 15 is 0 Å². The van der Waals surface area contributed by atoms with Gasteiger partial charge < -0.3 is 9.84 Å². The first kappa shape index (κ1) is 17.5. The molecule has 25 heavy (non-hydrogen) atoms. The van der Waals surface area contributed by atoms with Crippen molar-refractivity contribution in [1.82, 2.24) is 10.1 Å². The van der Waals surface area contributed by atoms with Crippen LogP contribution in [0.1, 0.15) is 12.3 Å². The summed E-state index contributed by atoms with van der Waals surface area (Å²) in [6.07, 6.45) is 2.59. The second kappa shape index (κ2) is 8.18. The fourth-order valence-electron chi connectivity index (χ4n) is 2.29. The van der Waals surface area contributed by atoms with E-state index in [4.69, 9.17) is 16.1 Å². The van der Waals surface area contributed by atoms with Gasteiger partial charge in [0, 0.05) is 23.3 Å². The fraction of sp³-hybridized carbons (Fsp3) is 0.167. The van der Waals surface area contributed by atoms with E-state index in [1.807, 2.05) is 48.7 Å². The fourth-order valence-corrected chi connectivity index (χ4v) is 3.06. The van der Waals surface area contributed by atoms with Crippen molar-refractivity contribution < 1.29 is 9.32 Å². The smallest absolute Gasteiger partial charge is 0.227 e. The average molecular weight is 374 g/mol. The molecule has 2 aromatic carbocycles. The third-order valence-electron chi connectivity index (χ3n) is 3.53. The maximum absolute atomic E-state index is 12.2. The molecular formula is C18H16ClN3O2S. The number of aromatic nitrogens is 2. The lowest BCUT2D eigenvalue weighted by atomic mass is 10.2. The maximum atomic E-state index is 12.2. The van der Waals surface area contributed by atoms with Crippen LogP contribution in [0.15, 0.2) is 57.9 Å². The maximum Gasteiger partial charge on any atom is 0.227 e. The standard InChI is InChI=1S/C18H16ClN3O2S/c1-25-15-9-5-4-8-14(15)20-16(23)10-11-17-21-18(22-24-17)12-6-2-3-7-13(12)19/h2-9H,10-11H2,1H3,(H,20,23). The molecule has 0 aliphatic rings. The molecule has 1 N–H and O–H groups in total. The Morgan fingerprint density at radius 1 is 1.20 bits per heavy atom. The third kappa shape index (κ3) is 4.41. The zero-order valence-corrected chi connectivity index (χ0v) is 15.1. The molecule has 3 rings (SSSR count). The number of hydrogen-bond acceptors (Lipinski definition) is 5. The van der Waals surface area contributed by atoms with Crippen molar-refractivity contribution in [2.75, 3.05) is 11.6 Å². The number of thioether (sulfide) groups is 1. The number of nitrogens with one attached hydrogen (secondary N) is 1. The highest BCUT2D eigenvalue weighted by atomic mass is 35.5. The Morgan fingerprint density at radius 3 is 2.76 bits per heavy atom. The van der Waals surface area contributed by atoms with Gasteiger partial charge in [-0.2, -0.15) is 4.98 Å². The van der Waals surface area contributed by atoms with Gasteiger partial charge in [-0.25, -0.2) is 0 Å². The van der Waals surface area contributed by atoms with E-state index < -0.39 is 0 Å². The molecule has 1 heterocycles. The van der Waals surface area contributed by atoms with Crippen LogP contribution in [0.5, 0.6) is 0 Å². The van der Waals surface area contributed by atoms with E-state index in [9.17, 15) is 4.79 Å². The Labute approximate surface area is 154 Å². The van der Waals surface area contributed by atoms with Gasteiger partial charge in [0.1, 0.15) is 0 Å². The number of halogens is 1. The quantitative estimate of drug-likeness (QED) is 0.635. The van der Waals surface area contributed by atoms with Crippen molar-refractivity contribution in [3.63, 3.8) is 0 Å². The van der Waals surface area contributed by atoms with E-state index in [0.717, 1.165) is 10.6 Å². The van der Waals surface area contributed by atoms with Crippen molar-refractivity contribution >= 4 is 35.0 Å². The number of aryl methyl sites for hydroxylation is 1. The molecule has 5 nitrogen and oxygen atoms in total. The summed E-state index contributed by atoms with van der Waals surface area (Å²) in [5.41, 5.74) is 1.51. The SMILES string of the molecule is CSc1ccccc1NC(=O)CCc1nc(-c2ccccc2Cl)no1. The summed E-state index contributed by atoms with van der Waals surface area (Å²) in [6.45, 7) is 0. The number of para-hydroxylation sites is 1. The van der Waals surface area contributed by atoms with Crippen molar-refractivity contribution in [3.05, 3.63) is 59.4 Å². The molecule has 0 spiro atoms. The highest BCUT2D eigenvalue weighted by Crippen LogP contribution is 2.26. The number of amides is 1. The lowest BCUT2D eigenvalue weighted by Crippen LogP contribution is -2.13. The number of hydrogen-bond donors (Lipinski definition) is 1. The number of anilines is 1. The molecule has 0 atom stereocenters. The van der Waals surface area contributed by atoms with E-state index in [1.165, 1.54) is 0 Å². The summed E-state index contributed by atoms with van der Waals surface area (Å²) < 4.78 is 5.22. The van der Waals surface area contributed by atoms with Crippen molar-refractivity contribution in [2.24, 2.45) is 0 Å². The summed E-state index contributed by atoms with van der Waals surface area (Å²) >= 11 is 7.71. The monoisotopic (exact) mass is 373 g/mol. The van der Waals surface area contributed by atoms with E-state index in [1.54, 1.807) is 17.8 Å². The summed E-state index contributed by atoms with van der Waals surface area (Å²) in [6, 6.07) is 15.0. The first-order valence-corrected chi connectivity index (χ1v) is 9.28. The minimum atomic E-state index is -0.0982. The molecule has 0 aliphatic carbocycles. The molecule has 3 aromatic rings.